The molecule has 0 aliphatic carbocycles. The van der Waals surface area contributed by atoms with Gasteiger partial charge < -0.3 is 9.64 Å². The number of nitrogens with zero attached hydrogens (tertiary/aromatic N) is 5. The minimum Gasteiger partial charge on any atom is -0.495 e. The standard InChI is InChI=1S/C19H25N5O3S/c1-7-9-23-18(26)14-10-20-19(28-6)21-17(14)24(23)15(16(8-2)27-5)11-22(12-25)13(3)4/h7-8,10-13H,1,9H2,2-6H3/b15-11+,16-8+. The number of methoxy groups -OCH3 is 1. The summed E-state index contributed by atoms with van der Waals surface area (Å²) < 4.78 is 8.67. The predicted molar refractivity (Wildman–Crippen MR) is 112 cm³/mol. The van der Waals surface area contributed by atoms with Crippen molar-refractivity contribution in [1.29, 1.82) is 0 Å². The Morgan fingerprint density at radius 1 is 1.46 bits per heavy atom. The van der Waals surface area contributed by atoms with Crippen molar-refractivity contribution in [2.24, 2.45) is 0 Å². The fourth-order valence-electron chi connectivity index (χ4n) is 2.68. The second-order valence-electron chi connectivity index (χ2n) is 6.10. The van der Waals surface area contributed by atoms with Crippen LogP contribution in [0.4, 0.5) is 0 Å². The molecule has 0 fully saturated rings. The highest BCUT2D eigenvalue weighted by molar-refractivity contribution is 7.98. The summed E-state index contributed by atoms with van der Waals surface area (Å²) >= 11 is 1.38. The molecule has 2 heterocycles. The number of carbonyl (C=O) groups is 1. The van der Waals surface area contributed by atoms with E-state index in [1.165, 1.54) is 34.7 Å². The van der Waals surface area contributed by atoms with Gasteiger partial charge in [0.2, 0.25) is 6.41 Å². The zero-order chi connectivity index (χ0) is 20.8. The van der Waals surface area contributed by atoms with Gasteiger partial charge in [0.1, 0.15) is 16.8 Å². The molecule has 0 saturated carbocycles. The number of allylic oxidation sites excluding steroid dienone is 3. The lowest BCUT2D eigenvalue weighted by Gasteiger charge is -2.22. The predicted octanol–water partition coefficient (Wildman–Crippen LogP) is 2.72. The number of carbonyl (C=O) groups excluding carboxylic acids is 1. The third-order valence-electron chi connectivity index (χ3n) is 4.09. The quantitative estimate of drug-likeness (QED) is 0.160. The van der Waals surface area contributed by atoms with Gasteiger partial charge in [-0.25, -0.2) is 19.3 Å². The fourth-order valence-corrected chi connectivity index (χ4v) is 3.01. The molecule has 0 aliphatic rings. The molecule has 0 N–H and O–H groups in total. The Hall–Kier alpha value is -2.81. The Bertz CT molecular complexity index is 987. The van der Waals surface area contributed by atoms with Crippen molar-refractivity contribution >= 4 is 34.9 Å². The van der Waals surface area contributed by atoms with Gasteiger partial charge in [-0.15, -0.1) is 6.58 Å². The minimum absolute atomic E-state index is 0.0831. The van der Waals surface area contributed by atoms with Crippen molar-refractivity contribution in [1.82, 2.24) is 24.2 Å². The van der Waals surface area contributed by atoms with Crippen LogP contribution in [0, 0.1) is 0 Å². The molecule has 9 heteroatoms. The largest absolute Gasteiger partial charge is 0.495 e. The summed E-state index contributed by atoms with van der Waals surface area (Å²) in [5.74, 6) is 0.492. The lowest BCUT2D eigenvalue weighted by molar-refractivity contribution is -0.117. The molecule has 0 radical (unpaired) electrons. The SMILES string of the molecule is C=CCn1c(=O)c2cnc(SC)nc2n1C(=C/N(C=O)C(C)C)/C(=C\C)OC. The van der Waals surface area contributed by atoms with Gasteiger partial charge in [0.25, 0.3) is 5.56 Å². The molecule has 150 valence electrons. The lowest BCUT2D eigenvalue weighted by atomic mass is 10.3. The molecule has 2 aromatic heterocycles. The number of ether oxygens (including phenoxy) is 1. The molecule has 0 bridgehead atoms. The summed E-state index contributed by atoms with van der Waals surface area (Å²) in [6, 6.07) is -0.0831. The van der Waals surface area contributed by atoms with Crippen LogP contribution in [0.5, 0.6) is 0 Å². The van der Waals surface area contributed by atoms with E-state index in [1.54, 1.807) is 23.0 Å². The highest BCUT2D eigenvalue weighted by Crippen LogP contribution is 2.24. The van der Waals surface area contributed by atoms with Crippen LogP contribution in [-0.4, -0.2) is 50.0 Å². The van der Waals surface area contributed by atoms with Crippen LogP contribution in [0.2, 0.25) is 0 Å². The van der Waals surface area contributed by atoms with E-state index >= 15 is 0 Å². The van der Waals surface area contributed by atoms with Crippen molar-refractivity contribution < 1.29 is 9.53 Å². The maximum absolute atomic E-state index is 13.0. The first-order valence-electron chi connectivity index (χ1n) is 8.72. The molecule has 0 unspecified atom stereocenters. The minimum atomic E-state index is -0.248. The normalized spacial score (nSPS) is 12.5. The first-order chi connectivity index (χ1) is 13.4. The summed E-state index contributed by atoms with van der Waals surface area (Å²) in [7, 11) is 1.54. The van der Waals surface area contributed by atoms with E-state index in [9.17, 15) is 9.59 Å². The molecule has 0 aliphatic heterocycles. The summed E-state index contributed by atoms with van der Waals surface area (Å²) in [5, 5.41) is 0.909. The lowest BCUT2D eigenvalue weighted by Crippen LogP contribution is -2.27. The van der Waals surface area contributed by atoms with Crippen LogP contribution in [-0.2, 0) is 16.1 Å². The Morgan fingerprint density at radius 2 is 2.18 bits per heavy atom. The molecule has 8 nitrogen and oxygen atoms in total. The highest BCUT2D eigenvalue weighted by atomic mass is 32.2. The number of thioether (sulfide) groups is 1. The number of hydrogen-bond donors (Lipinski definition) is 0. The molecular formula is C19H25N5O3S. The Labute approximate surface area is 168 Å². The second-order valence-corrected chi connectivity index (χ2v) is 6.87. The topological polar surface area (TPSA) is 82.3 Å². The number of fused-ring (bicyclic) bond motifs is 1. The van der Waals surface area contributed by atoms with Crippen LogP contribution < -0.4 is 5.56 Å². The van der Waals surface area contributed by atoms with E-state index in [-0.39, 0.29) is 18.1 Å². The molecule has 0 atom stereocenters. The molecule has 0 saturated heterocycles. The Balaban J connectivity index is 2.96. The third kappa shape index (κ3) is 4.04. The molecule has 1 amide bonds. The maximum atomic E-state index is 13.0. The number of hydrogen-bond acceptors (Lipinski definition) is 6. The molecule has 28 heavy (non-hydrogen) atoms. The number of amides is 1. The van der Waals surface area contributed by atoms with Gasteiger partial charge in [-0.2, -0.15) is 0 Å². The van der Waals surface area contributed by atoms with Gasteiger partial charge >= 0.3 is 0 Å². The first kappa shape index (κ1) is 21.5. The Morgan fingerprint density at radius 3 is 2.68 bits per heavy atom. The van der Waals surface area contributed by atoms with Crippen molar-refractivity contribution in [2.45, 2.75) is 38.5 Å². The molecule has 0 spiro atoms. The zero-order valence-electron chi connectivity index (χ0n) is 16.7. The van der Waals surface area contributed by atoms with Crippen molar-refractivity contribution in [3.05, 3.63) is 47.2 Å². The van der Waals surface area contributed by atoms with Gasteiger partial charge in [0, 0.05) is 18.4 Å². The molecule has 2 aromatic rings. The van der Waals surface area contributed by atoms with Crippen molar-refractivity contribution in [3.63, 3.8) is 0 Å². The van der Waals surface area contributed by atoms with Crippen LogP contribution in [0.3, 0.4) is 0 Å². The van der Waals surface area contributed by atoms with E-state index in [0.29, 0.717) is 27.6 Å². The maximum Gasteiger partial charge on any atom is 0.278 e. The summed E-state index contributed by atoms with van der Waals surface area (Å²) in [6.07, 6.45) is 9.15. The van der Waals surface area contributed by atoms with Crippen LogP contribution in [0.25, 0.3) is 16.7 Å². The van der Waals surface area contributed by atoms with Gasteiger partial charge in [-0.3, -0.25) is 9.59 Å². The molecule has 0 aromatic carbocycles. The molecular weight excluding hydrogens is 378 g/mol. The summed E-state index contributed by atoms with van der Waals surface area (Å²) in [5.41, 5.74) is 0.691. The monoisotopic (exact) mass is 403 g/mol. The smallest absolute Gasteiger partial charge is 0.278 e. The number of aromatic nitrogens is 4. The van der Waals surface area contributed by atoms with E-state index in [2.05, 4.69) is 16.5 Å². The van der Waals surface area contributed by atoms with Gasteiger partial charge in [-0.1, -0.05) is 17.8 Å². The summed E-state index contributed by atoms with van der Waals surface area (Å²) in [4.78, 5) is 34.8. The van der Waals surface area contributed by atoms with Gasteiger partial charge in [0.15, 0.2) is 10.8 Å². The van der Waals surface area contributed by atoms with E-state index in [4.69, 9.17) is 4.74 Å². The molecule has 2 rings (SSSR count). The highest BCUT2D eigenvalue weighted by Gasteiger charge is 2.22. The van der Waals surface area contributed by atoms with Gasteiger partial charge in [0.05, 0.1) is 13.7 Å². The van der Waals surface area contributed by atoms with E-state index in [1.807, 2.05) is 27.0 Å². The van der Waals surface area contributed by atoms with Crippen LogP contribution >= 0.6 is 11.8 Å². The summed E-state index contributed by atoms with van der Waals surface area (Å²) in [6.45, 7) is 9.60. The second kappa shape index (κ2) is 9.41. The zero-order valence-corrected chi connectivity index (χ0v) is 17.6. The third-order valence-corrected chi connectivity index (χ3v) is 4.65. The Kier molecular flexibility index (Phi) is 7.22. The first-order valence-corrected chi connectivity index (χ1v) is 9.94. The van der Waals surface area contributed by atoms with Gasteiger partial charge in [-0.05, 0) is 33.1 Å². The average Bonchev–Trinajstić information content (AvgIpc) is 2.96. The van der Waals surface area contributed by atoms with E-state index < -0.39 is 0 Å². The van der Waals surface area contributed by atoms with Crippen molar-refractivity contribution in [3.8, 4) is 0 Å². The average molecular weight is 404 g/mol. The van der Waals surface area contributed by atoms with Crippen molar-refractivity contribution in [2.75, 3.05) is 13.4 Å². The number of rotatable bonds is 9. The van der Waals surface area contributed by atoms with E-state index in [0.717, 1.165) is 6.41 Å². The fraction of sp³-hybridized carbons (Fsp3) is 0.368. The van der Waals surface area contributed by atoms with Crippen LogP contribution in [0.15, 0.2) is 46.8 Å². The van der Waals surface area contributed by atoms with Crippen LogP contribution in [0.1, 0.15) is 20.8 Å².